The van der Waals surface area contributed by atoms with Gasteiger partial charge in [-0.05, 0) is 56.9 Å². The summed E-state index contributed by atoms with van der Waals surface area (Å²) in [4.78, 5) is 16.1. The summed E-state index contributed by atoms with van der Waals surface area (Å²) in [5, 5.41) is 12.5. The van der Waals surface area contributed by atoms with E-state index in [1.807, 2.05) is 42.7 Å². The van der Waals surface area contributed by atoms with E-state index in [0.29, 0.717) is 5.69 Å². The van der Waals surface area contributed by atoms with Crippen LogP contribution < -0.4 is 5.32 Å². The van der Waals surface area contributed by atoms with Crippen LogP contribution in [0.3, 0.4) is 0 Å². The number of imidazole rings is 1. The molecule has 1 atom stereocenters. The summed E-state index contributed by atoms with van der Waals surface area (Å²) in [7, 11) is 0. The van der Waals surface area contributed by atoms with Crippen LogP contribution in [0.5, 0.6) is 0 Å². The summed E-state index contributed by atoms with van der Waals surface area (Å²) in [6.07, 6.45) is 2.78. The van der Waals surface area contributed by atoms with Crippen molar-refractivity contribution in [3.63, 3.8) is 0 Å². The smallest absolute Gasteiger partial charge is 0.253 e. The van der Waals surface area contributed by atoms with E-state index in [4.69, 9.17) is 0 Å². The molecule has 2 N–H and O–H groups in total. The van der Waals surface area contributed by atoms with E-state index in [0.717, 1.165) is 29.9 Å². The Morgan fingerprint density at radius 3 is 2.52 bits per heavy atom. The van der Waals surface area contributed by atoms with Gasteiger partial charge in [0.25, 0.3) is 5.91 Å². The van der Waals surface area contributed by atoms with Gasteiger partial charge in [0.05, 0.1) is 12.0 Å². The Balaban J connectivity index is 1.72. The highest BCUT2D eigenvalue weighted by molar-refractivity contribution is 5.94. The molecule has 1 heterocycles. The number of amides is 1. The lowest BCUT2D eigenvalue weighted by atomic mass is 10.2. The van der Waals surface area contributed by atoms with Crippen molar-refractivity contribution in [1.82, 2.24) is 9.55 Å². The first-order valence-corrected chi connectivity index (χ1v) is 7.16. The van der Waals surface area contributed by atoms with E-state index in [1.165, 1.54) is 0 Å². The number of rotatable bonds is 4. The number of aryl methyl sites for hydroxylation is 1. The van der Waals surface area contributed by atoms with Crippen molar-refractivity contribution in [2.45, 2.75) is 32.8 Å². The summed E-state index contributed by atoms with van der Waals surface area (Å²) >= 11 is 0. The van der Waals surface area contributed by atoms with E-state index in [2.05, 4.69) is 10.3 Å². The SMILES string of the molecule is Cc1ncn(-c2ccc(NC(=O)C(O)C3CC3)cc2)c1C. The van der Waals surface area contributed by atoms with E-state index in [9.17, 15) is 9.90 Å². The molecular weight excluding hydrogens is 266 g/mol. The Hall–Kier alpha value is -2.14. The fourth-order valence-corrected chi connectivity index (χ4v) is 2.31. The predicted octanol–water partition coefficient (Wildman–Crippen LogP) is 2.20. The van der Waals surface area contributed by atoms with Gasteiger partial charge in [0, 0.05) is 17.1 Å². The number of hydrogen-bond donors (Lipinski definition) is 2. The van der Waals surface area contributed by atoms with Gasteiger partial charge >= 0.3 is 0 Å². The molecule has 1 unspecified atom stereocenters. The second-order valence-electron chi connectivity index (χ2n) is 5.60. The van der Waals surface area contributed by atoms with Crippen LogP contribution in [0.25, 0.3) is 5.69 Å². The van der Waals surface area contributed by atoms with Gasteiger partial charge in [0.1, 0.15) is 6.10 Å². The highest BCUT2D eigenvalue weighted by Gasteiger charge is 2.34. The molecule has 5 nitrogen and oxygen atoms in total. The van der Waals surface area contributed by atoms with E-state index in [-0.39, 0.29) is 11.8 Å². The van der Waals surface area contributed by atoms with Crippen molar-refractivity contribution in [3.05, 3.63) is 42.0 Å². The number of aromatic nitrogens is 2. The molecule has 1 fully saturated rings. The molecule has 0 saturated heterocycles. The second kappa shape index (κ2) is 5.33. The number of nitrogens with one attached hydrogen (secondary N) is 1. The van der Waals surface area contributed by atoms with Crippen LogP contribution in [0, 0.1) is 19.8 Å². The van der Waals surface area contributed by atoms with Crippen molar-refractivity contribution in [2.75, 3.05) is 5.32 Å². The standard InChI is InChI=1S/C16H19N3O2/c1-10-11(2)19(9-17-10)14-7-5-13(6-8-14)18-16(21)15(20)12-3-4-12/h5-9,12,15,20H,3-4H2,1-2H3,(H,18,21). The van der Waals surface area contributed by atoms with Crippen molar-refractivity contribution in [1.29, 1.82) is 0 Å². The normalized spacial score (nSPS) is 15.8. The van der Waals surface area contributed by atoms with Gasteiger partial charge < -0.3 is 15.0 Å². The number of nitrogens with zero attached hydrogens (tertiary/aromatic N) is 2. The number of benzene rings is 1. The first kappa shape index (κ1) is 13.8. The molecule has 2 aromatic rings. The molecule has 1 aromatic heterocycles. The van der Waals surface area contributed by atoms with Gasteiger partial charge in [-0.1, -0.05) is 0 Å². The molecule has 0 spiro atoms. The first-order valence-electron chi connectivity index (χ1n) is 7.16. The van der Waals surface area contributed by atoms with Crippen LogP contribution in [0.2, 0.25) is 0 Å². The summed E-state index contributed by atoms with van der Waals surface area (Å²) < 4.78 is 2.00. The van der Waals surface area contributed by atoms with Crippen molar-refractivity contribution >= 4 is 11.6 Å². The minimum atomic E-state index is -0.886. The lowest BCUT2D eigenvalue weighted by Crippen LogP contribution is -2.29. The summed E-state index contributed by atoms with van der Waals surface area (Å²) in [5.74, 6) is -0.180. The third-order valence-electron chi connectivity index (χ3n) is 4.00. The average Bonchev–Trinajstić information content (AvgIpc) is 3.27. The van der Waals surface area contributed by atoms with Crippen molar-refractivity contribution in [3.8, 4) is 5.69 Å². The molecule has 1 aromatic carbocycles. The molecule has 1 saturated carbocycles. The Labute approximate surface area is 123 Å². The van der Waals surface area contributed by atoms with Crippen LogP contribution in [-0.2, 0) is 4.79 Å². The number of hydrogen-bond acceptors (Lipinski definition) is 3. The lowest BCUT2D eigenvalue weighted by molar-refractivity contribution is -0.124. The minimum absolute atomic E-state index is 0.140. The fraction of sp³-hybridized carbons (Fsp3) is 0.375. The van der Waals surface area contributed by atoms with E-state index in [1.54, 1.807) is 6.33 Å². The third-order valence-corrected chi connectivity index (χ3v) is 4.00. The summed E-state index contributed by atoms with van der Waals surface area (Å²) in [6, 6.07) is 7.52. The van der Waals surface area contributed by atoms with Crippen LogP contribution in [0.15, 0.2) is 30.6 Å². The maximum absolute atomic E-state index is 11.8. The predicted molar refractivity (Wildman–Crippen MR) is 80.4 cm³/mol. The molecule has 3 rings (SSSR count). The zero-order valence-corrected chi connectivity index (χ0v) is 12.2. The molecule has 110 valence electrons. The largest absolute Gasteiger partial charge is 0.383 e. The molecule has 5 heteroatoms. The number of aliphatic hydroxyl groups is 1. The average molecular weight is 285 g/mol. The zero-order chi connectivity index (χ0) is 15.0. The summed E-state index contributed by atoms with van der Waals surface area (Å²) in [5.41, 5.74) is 3.78. The third kappa shape index (κ3) is 2.83. The molecule has 0 aliphatic heterocycles. The monoisotopic (exact) mass is 285 g/mol. The van der Waals surface area contributed by atoms with Gasteiger partial charge in [-0.3, -0.25) is 4.79 Å². The van der Waals surface area contributed by atoms with Gasteiger partial charge in [-0.25, -0.2) is 4.98 Å². The van der Waals surface area contributed by atoms with Crippen LogP contribution >= 0.6 is 0 Å². The number of carbonyl (C=O) groups excluding carboxylic acids is 1. The Bertz CT molecular complexity index is 657. The van der Waals surface area contributed by atoms with Gasteiger partial charge in [-0.15, -0.1) is 0 Å². The zero-order valence-electron chi connectivity index (χ0n) is 12.2. The van der Waals surface area contributed by atoms with Gasteiger partial charge in [0.2, 0.25) is 0 Å². The Morgan fingerprint density at radius 1 is 1.33 bits per heavy atom. The molecule has 1 amide bonds. The van der Waals surface area contributed by atoms with Gasteiger partial charge in [0.15, 0.2) is 0 Å². The van der Waals surface area contributed by atoms with Gasteiger partial charge in [-0.2, -0.15) is 0 Å². The first-order chi connectivity index (χ1) is 10.1. The maximum Gasteiger partial charge on any atom is 0.253 e. The topological polar surface area (TPSA) is 67.2 Å². The molecule has 0 bridgehead atoms. The molecular formula is C16H19N3O2. The van der Waals surface area contributed by atoms with E-state index >= 15 is 0 Å². The molecule has 1 aliphatic rings. The van der Waals surface area contributed by atoms with E-state index < -0.39 is 6.10 Å². The van der Waals surface area contributed by atoms with Crippen LogP contribution in [-0.4, -0.2) is 26.7 Å². The Morgan fingerprint density at radius 2 is 2.00 bits per heavy atom. The molecule has 21 heavy (non-hydrogen) atoms. The number of carbonyl (C=O) groups is 1. The number of aliphatic hydroxyl groups excluding tert-OH is 1. The number of anilines is 1. The van der Waals surface area contributed by atoms with Crippen LogP contribution in [0.4, 0.5) is 5.69 Å². The molecule has 0 radical (unpaired) electrons. The lowest BCUT2D eigenvalue weighted by Gasteiger charge is -2.11. The van der Waals surface area contributed by atoms with Crippen molar-refractivity contribution < 1.29 is 9.90 Å². The summed E-state index contributed by atoms with van der Waals surface area (Å²) in [6.45, 7) is 3.99. The second-order valence-corrected chi connectivity index (χ2v) is 5.60. The maximum atomic E-state index is 11.8. The highest BCUT2D eigenvalue weighted by Crippen LogP contribution is 2.33. The van der Waals surface area contributed by atoms with Crippen molar-refractivity contribution in [2.24, 2.45) is 5.92 Å². The van der Waals surface area contributed by atoms with Crippen LogP contribution in [0.1, 0.15) is 24.2 Å². The quantitative estimate of drug-likeness (QED) is 0.905. The minimum Gasteiger partial charge on any atom is -0.383 e. The highest BCUT2D eigenvalue weighted by atomic mass is 16.3. The fourth-order valence-electron chi connectivity index (χ4n) is 2.31. The molecule has 1 aliphatic carbocycles. The Kier molecular flexibility index (Phi) is 3.51.